The summed E-state index contributed by atoms with van der Waals surface area (Å²) in [5, 5.41) is 0.503. The second kappa shape index (κ2) is 7.57. The van der Waals surface area contributed by atoms with Crippen LogP contribution in [0.5, 0.6) is 0 Å². The van der Waals surface area contributed by atoms with E-state index in [0.717, 1.165) is 0 Å². The van der Waals surface area contributed by atoms with Gasteiger partial charge in [-0.1, -0.05) is 18.2 Å². The summed E-state index contributed by atoms with van der Waals surface area (Å²) in [4.78, 5) is 11.5. The lowest BCUT2D eigenvalue weighted by Gasteiger charge is -2.17. The van der Waals surface area contributed by atoms with Crippen molar-refractivity contribution >= 4 is 30.2 Å². The number of ether oxygens (including phenoxy) is 1. The fraction of sp³-hybridized carbons (Fsp3) is 0.417. The van der Waals surface area contributed by atoms with Gasteiger partial charge in [-0.25, -0.2) is 0 Å². The Bertz CT molecular complexity index is 421. The summed E-state index contributed by atoms with van der Waals surface area (Å²) >= 11 is 5.53. The zero-order valence-corrected chi connectivity index (χ0v) is 11.8. The molecular formula is C12H16ClO4P. The van der Waals surface area contributed by atoms with E-state index in [0.29, 0.717) is 5.30 Å². The number of carbonyl (C=O) groups excluding carboxylic acids is 1. The van der Waals surface area contributed by atoms with Crippen LogP contribution in [0.1, 0.15) is 6.92 Å². The first-order chi connectivity index (χ1) is 8.62. The Morgan fingerprint density at radius 2 is 2.00 bits per heavy atom. The first-order valence-corrected chi connectivity index (χ1v) is 7.97. The smallest absolute Gasteiger partial charge is 0.315 e. The molecule has 0 aliphatic heterocycles. The zero-order chi connectivity index (χ0) is 13.4. The van der Waals surface area contributed by atoms with Crippen molar-refractivity contribution in [3.8, 4) is 0 Å². The molecule has 0 aliphatic rings. The minimum Gasteiger partial charge on any atom is -0.466 e. The normalized spacial score (nSPS) is 13.9. The molecular weight excluding hydrogens is 275 g/mol. The largest absolute Gasteiger partial charge is 0.466 e. The van der Waals surface area contributed by atoms with E-state index in [9.17, 15) is 9.36 Å². The molecule has 0 radical (unpaired) electrons. The molecule has 1 unspecified atom stereocenters. The minimum atomic E-state index is -3.23. The lowest BCUT2D eigenvalue weighted by Crippen LogP contribution is -2.18. The second-order valence-corrected chi connectivity index (χ2v) is 6.31. The van der Waals surface area contributed by atoms with Gasteiger partial charge in [0, 0.05) is 11.2 Å². The van der Waals surface area contributed by atoms with E-state index in [2.05, 4.69) is 0 Å². The van der Waals surface area contributed by atoms with E-state index in [1.807, 2.05) is 0 Å². The van der Waals surface area contributed by atoms with E-state index in [1.165, 1.54) is 0 Å². The Morgan fingerprint density at radius 1 is 1.33 bits per heavy atom. The molecule has 4 nitrogen and oxygen atoms in total. The molecule has 0 heterocycles. The SMILES string of the molecule is CCOC(=O)CP(=O)(OCCCl)c1ccccc1. The van der Waals surface area contributed by atoms with Crippen molar-refractivity contribution in [1.29, 1.82) is 0 Å². The number of benzene rings is 1. The Balaban J connectivity index is 2.89. The molecule has 1 atom stereocenters. The van der Waals surface area contributed by atoms with Gasteiger partial charge in [0.2, 0.25) is 7.37 Å². The molecule has 1 aromatic rings. The van der Waals surface area contributed by atoms with Gasteiger partial charge in [0.1, 0.15) is 6.16 Å². The van der Waals surface area contributed by atoms with Crippen molar-refractivity contribution in [2.75, 3.05) is 25.3 Å². The third-order valence-electron chi connectivity index (χ3n) is 2.17. The summed E-state index contributed by atoms with van der Waals surface area (Å²) in [6, 6.07) is 8.65. The molecule has 1 aromatic carbocycles. The highest BCUT2D eigenvalue weighted by atomic mass is 35.5. The van der Waals surface area contributed by atoms with Gasteiger partial charge in [-0.05, 0) is 19.1 Å². The number of hydrogen-bond donors (Lipinski definition) is 0. The maximum Gasteiger partial charge on any atom is 0.315 e. The molecule has 1 rings (SSSR count). The van der Waals surface area contributed by atoms with Gasteiger partial charge in [-0.3, -0.25) is 9.36 Å². The summed E-state index contributed by atoms with van der Waals surface area (Å²) < 4.78 is 22.8. The van der Waals surface area contributed by atoms with Crippen molar-refractivity contribution in [1.82, 2.24) is 0 Å². The second-order valence-electron chi connectivity index (χ2n) is 3.49. The van der Waals surface area contributed by atoms with E-state index >= 15 is 0 Å². The highest BCUT2D eigenvalue weighted by molar-refractivity contribution is 7.67. The van der Waals surface area contributed by atoms with E-state index in [-0.39, 0.29) is 25.3 Å². The number of carbonyl (C=O) groups is 1. The van der Waals surface area contributed by atoms with Crippen LogP contribution in [0, 0.1) is 0 Å². The van der Waals surface area contributed by atoms with Gasteiger partial charge in [0.25, 0.3) is 0 Å². The average Bonchev–Trinajstić information content (AvgIpc) is 2.38. The quantitative estimate of drug-likeness (QED) is 0.440. The summed E-state index contributed by atoms with van der Waals surface area (Å²) in [5.41, 5.74) is 0. The van der Waals surface area contributed by atoms with Crippen molar-refractivity contribution in [3.63, 3.8) is 0 Å². The molecule has 0 fully saturated rings. The molecule has 0 bridgehead atoms. The topological polar surface area (TPSA) is 52.6 Å². The van der Waals surface area contributed by atoms with Gasteiger partial charge < -0.3 is 9.26 Å². The molecule has 0 aromatic heterocycles. The maximum atomic E-state index is 12.7. The van der Waals surface area contributed by atoms with Crippen LogP contribution in [0.25, 0.3) is 0 Å². The van der Waals surface area contributed by atoms with Gasteiger partial charge in [0.15, 0.2) is 0 Å². The average molecular weight is 291 g/mol. The molecule has 100 valence electrons. The predicted molar refractivity (Wildman–Crippen MR) is 71.9 cm³/mol. The fourth-order valence-electron chi connectivity index (χ4n) is 1.43. The van der Waals surface area contributed by atoms with Gasteiger partial charge in [-0.2, -0.15) is 0 Å². The number of alkyl halides is 1. The molecule has 0 spiro atoms. The summed E-state index contributed by atoms with van der Waals surface area (Å²) in [6.45, 7) is 2.08. The van der Waals surface area contributed by atoms with Crippen LogP contribution in [0.4, 0.5) is 0 Å². The number of halogens is 1. The standard InChI is InChI=1S/C12H16ClO4P/c1-2-16-12(14)10-18(15,17-9-8-13)11-6-4-3-5-7-11/h3-7H,2,8-10H2,1H3. The third-order valence-corrected chi connectivity index (χ3v) is 4.68. The molecule has 0 saturated heterocycles. The van der Waals surface area contributed by atoms with Crippen LogP contribution in [0.2, 0.25) is 0 Å². The molecule has 0 aliphatic carbocycles. The molecule has 0 saturated carbocycles. The van der Waals surface area contributed by atoms with Crippen LogP contribution in [0.3, 0.4) is 0 Å². The molecule has 18 heavy (non-hydrogen) atoms. The van der Waals surface area contributed by atoms with Crippen molar-refractivity contribution in [2.24, 2.45) is 0 Å². The maximum absolute atomic E-state index is 12.7. The molecule has 0 N–H and O–H groups in total. The lowest BCUT2D eigenvalue weighted by atomic mass is 10.4. The Hall–Kier alpha value is -0.830. The molecule has 6 heteroatoms. The highest BCUT2D eigenvalue weighted by Crippen LogP contribution is 2.45. The fourth-order valence-corrected chi connectivity index (χ4v) is 3.48. The number of esters is 1. The Kier molecular flexibility index (Phi) is 6.41. The van der Waals surface area contributed by atoms with Crippen molar-refractivity contribution in [2.45, 2.75) is 6.92 Å². The zero-order valence-electron chi connectivity index (χ0n) is 10.2. The number of hydrogen-bond acceptors (Lipinski definition) is 4. The van der Waals surface area contributed by atoms with Crippen LogP contribution in [0.15, 0.2) is 30.3 Å². The van der Waals surface area contributed by atoms with Gasteiger partial charge in [0.05, 0.1) is 13.2 Å². The Labute approximate surface area is 112 Å². The van der Waals surface area contributed by atoms with Crippen LogP contribution < -0.4 is 5.30 Å². The predicted octanol–water partition coefficient (Wildman–Crippen LogP) is 2.41. The van der Waals surface area contributed by atoms with Crippen LogP contribution in [-0.2, 0) is 18.6 Å². The lowest BCUT2D eigenvalue weighted by molar-refractivity contribution is -0.140. The summed E-state index contributed by atoms with van der Waals surface area (Å²) in [5.74, 6) is -0.307. The first kappa shape index (κ1) is 15.2. The van der Waals surface area contributed by atoms with E-state index < -0.39 is 13.3 Å². The number of rotatable bonds is 7. The minimum absolute atomic E-state index is 0.132. The van der Waals surface area contributed by atoms with Crippen LogP contribution in [-0.4, -0.2) is 31.2 Å². The highest BCUT2D eigenvalue weighted by Gasteiger charge is 2.29. The van der Waals surface area contributed by atoms with Crippen LogP contribution >= 0.6 is 19.0 Å². The first-order valence-electron chi connectivity index (χ1n) is 5.63. The van der Waals surface area contributed by atoms with Gasteiger partial charge in [-0.15, -0.1) is 11.6 Å². The van der Waals surface area contributed by atoms with Crippen molar-refractivity contribution in [3.05, 3.63) is 30.3 Å². The Morgan fingerprint density at radius 3 is 2.56 bits per heavy atom. The summed E-state index contributed by atoms with van der Waals surface area (Å²) in [7, 11) is -3.23. The van der Waals surface area contributed by atoms with Gasteiger partial charge >= 0.3 is 5.97 Å². The monoisotopic (exact) mass is 290 g/mol. The molecule has 0 amide bonds. The van der Waals surface area contributed by atoms with Crippen molar-refractivity contribution < 1.29 is 18.6 Å². The summed E-state index contributed by atoms with van der Waals surface area (Å²) in [6.07, 6.45) is -0.262. The third kappa shape index (κ3) is 4.45. The van der Waals surface area contributed by atoms with E-state index in [1.54, 1.807) is 37.3 Å². The van der Waals surface area contributed by atoms with E-state index in [4.69, 9.17) is 20.9 Å².